The normalized spacial score (nSPS) is 21.8. The van der Waals surface area contributed by atoms with E-state index in [1.807, 2.05) is 36.0 Å². The summed E-state index contributed by atoms with van der Waals surface area (Å²) in [5.74, 6) is 1.61. The van der Waals surface area contributed by atoms with Gasteiger partial charge in [0.05, 0.1) is 12.7 Å². The first kappa shape index (κ1) is 16.9. The van der Waals surface area contributed by atoms with Gasteiger partial charge in [0.2, 0.25) is 17.6 Å². The molecule has 1 fully saturated rings. The van der Waals surface area contributed by atoms with Gasteiger partial charge in [-0.25, -0.2) is 14.5 Å². The molecule has 0 aromatic carbocycles. The zero-order chi connectivity index (χ0) is 19.3. The van der Waals surface area contributed by atoms with Gasteiger partial charge in [0, 0.05) is 48.2 Å². The number of nitrogens with one attached hydrogen (secondary N) is 1. The van der Waals surface area contributed by atoms with Crippen LogP contribution < -0.4 is 10.1 Å². The number of nitrogens with zero attached hydrogens (tertiary/aromatic N) is 6. The molecular weight excluding hydrogens is 358 g/mol. The molecule has 0 saturated heterocycles. The SMILES string of the molecule is CC[C@]1(O)C[C@H](Nc2nc(OC)c3c(-c4cnc5nccn5c4)ccn3n2)C1. The van der Waals surface area contributed by atoms with Crippen molar-refractivity contribution in [2.24, 2.45) is 0 Å². The number of hydrogen-bond donors (Lipinski definition) is 2. The van der Waals surface area contributed by atoms with Crippen LogP contribution in [0.15, 0.2) is 37.1 Å². The van der Waals surface area contributed by atoms with Crippen LogP contribution in [0.5, 0.6) is 5.88 Å². The Morgan fingerprint density at radius 1 is 1.32 bits per heavy atom. The van der Waals surface area contributed by atoms with Crippen molar-refractivity contribution in [3.8, 4) is 17.0 Å². The Labute approximate surface area is 161 Å². The zero-order valence-electron chi connectivity index (χ0n) is 15.7. The maximum absolute atomic E-state index is 10.2. The van der Waals surface area contributed by atoms with Crippen LogP contribution >= 0.6 is 0 Å². The van der Waals surface area contributed by atoms with E-state index in [1.165, 1.54) is 0 Å². The number of imidazole rings is 1. The van der Waals surface area contributed by atoms with E-state index in [9.17, 15) is 5.11 Å². The van der Waals surface area contributed by atoms with Gasteiger partial charge in [-0.1, -0.05) is 6.92 Å². The number of aromatic nitrogens is 6. The summed E-state index contributed by atoms with van der Waals surface area (Å²) in [6.45, 7) is 2.00. The molecule has 0 aliphatic heterocycles. The van der Waals surface area contributed by atoms with Gasteiger partial charge in [0.1, 0.15) is 5.52 Å². The van der Waals surface area contributed by atoms with Crippen molar-refractivity contribution in [3.63, 3.8) is 0 Å². The Morgan fingerprint density at radius 3 is 2.96 bits per heavy atom. The second-order valence-corrected chi connectivity index (χ2v) is 7.27. The van der Waals surface area contributed by atoms with Crippen molar-refractivity contribution in [2.45, 2.75) is 37.8 Å². The highest BCUT2D eigenvalue weighted by Crippen LogP contribution is 2.37. The number of hydrogen-bond acceptors (Lipinski definition) is 7. The van der Waals surface area contributed by atoms with Crippen LogP contribution in [0.1, 0.15) is 26.2 Å². The van der Waals surface area contributed by atoms with Crippen molar-refractivity contribution >= 4 is 17.2 Å². The second kappa shape index (κ2) is 6.16. The molecular formula is C19H21N7O2. The molecule has 0 spiro atoms. The molecule has 5 rings (SSSR count). The van der Waals surface area contributed by atoms with Crippen LogP contribution in [0.3, 0.4) is 0 Å². The van der Waals surface area contributed by atoms with Crippen LogP contribution in [-0.2, 0) is 0 Å². The van der Waals surface area contributed by atoms with Gasteiger partial charge in [-0.15, -0.1) is 5.10 Å². The fourth-order valence-corrected chi connectivity index (χ4v) is 3.81. The Balaban J connectivity index is 1.51. The van der Waals surface area contributed by atoms with E-state index in [-0.39, 0.29) is 6.04 Å². The van der Waals surface area contributed by atoms with Gasteiger partial charge in [-0.2, -0.15) is 4.98 Å². The highest BCUT2D eigenvalue weighted by atomic mass is 16.5. The van der Waals surface area contributed by atoms with Crippen LogP contribution in [0, 0.1) is 0 Å². The average molecular weight is 379 g/mol. The lowest BCUT2D eigenvalue weighted by molar-refractivity contribution is -0.0442. The van der Waals surface area contributed by atoms with E-state index < -0.39 is 5.60 Å². The third kappa shape index (κ3) is 2.66. The summed E-state index contributed by atoms with van der Waals surface area (Å²) in [4.78, 5) is 13.1. The number of anilines is 1. The van der Waals surface area contributed by atoms with Crippen LogP contribution in [0.2, 0.25) is 0 Å². The first-order valence-electron chi connectivity index (χ1n) is 9.30. The molecule has 4 heterocycles. The molecule has 144 valence electrons. The number of ether oxygens (including phenoxy) is 1. The van der Waals surface area contributed by atoms with E-state index in [2.05, 4.69) is 25.4 Å². The minimum absolute atomic E-state index is 0.162. The van der Waals surface area contributed by atoms with E-state index in [4.69, 9.17) is 4.74 Å². The number of rotatable bonds is 5. The smallest absolute Gasteiger partial charge is 0.244 e. The summed E-state index contributed by atoms with van der Waals surface area (Å²) in [7, 11) is 1.60. The Morgan fingerprint density at radius 2 is 2.18 bits per heavy atom. The molecule has 1 saturated carbocycles. The molecule has 1 aliphatic rings. The highest BCUT2D eigenvalue weighted by molar-refractivity contribution is 5.84. The van der Waals surface area contributed by atoms with Crippen LogP contribution in [0.25, 0.3) is 22.4 Å². The maximum atomic E-state index is 10.2. The van der Waals surface area contributed by atoms with Gasteiger partial charge < -0.3 is 15.2 Å². The molecule has 28 heavy (non-hydrogen) atoms. The van der Waals surface area contributed by atoms with E-state index in [1.54, 1.807) is 24.0 Å². The Kier molecular flexibility index (Phi) is 3.73. The molecule has 9 heteroatoms. The van der Waals surface area contributed by atoms with Crippen molar-refractivity contribution in [2.75, 3.05) is 12.4 Å². The summed E-state index contributed by atoms with van der Waals surface area (Å²) in [5.41, 5.74) is 2.05. The van der Waals surface area contributed by atoms with Gasteiger partial charge in [0.25, 0.3) is 0 Å². The highest BCUT2D eigenvalue weighted by Gasteiger charge is 2.41. The average Bonchev–Trinajstić information content (AvgIpc) is 3.32. The summed E-state index contributed by atoms with van der Waals surface area (Å²) in [6.07, 6.45) is 11.3. The number of aliphatic hydroxyl groups is 1. The first-order valence-corrected chi connectivity index (χ1v) is 9.30. The molecule has 9 nitrogen and oxygen atoms in total. The minimum atomic E-state index is -0.564. The topological polar surface area (TPSA) is 102 Å². The monoisotopic (exact) mass is 379 g/mol. The molecule has 1 aliphatic carbocycles. The molecule has 0 bridgehead atoms. The van der Waals surface area contributed by atoms with Crippen molar-refractivity contribution in [1.82, 2.24) is 29.0 Å². The zero-order valence-corrected chi connectivity index (χ0v) is 15.7. The van der Waals surface area contributed by atoms with Gasteiger partial charge >= 0.3 is 0 Å². The predicted octanol–water partition coefficient (Wildman–Crippen LogP) is 2.16. The summed E-state index contributed by atoms with van der Waals surface area (Å²) >= 11 is 0. The molecule has 0 amide bonds. The Hall–Kier alpha value is -3.20. The molecule has 0 unspecified atom stereocenters. The number of fused-ring (bicyclic) bond motifs is 2. The second-order valence-electron chi connectivity index (χ2n) is 7.27. The summed E-state index contributed by atoms with van der Waals surface area (Å²) < 4.78 is 9.18. The van der Waals surface area contributed by atoms with E-state index in [0.717, 1.165) is 23.1 Å². The van der Waals surface area contributed by atoms with Gasteiger partial charge in [-0.05, 0) is 25.3 Å². The molecule has 4 aromatic rings. The van der Waals surface area contributed by atoms with E-state index >= 15 is 0 Å². The van der Waals surface area contributed by atoms with Crippen molar-refractivity contribution in [3.05, 3.63) is 37.1 Å². The maximum Gasteiger partial charge on any atom is 0.244 e. The van der Waals surface area contributed by atoms with Crippen molar-refractivity contribution in [1.29, 1.82) is 0 Å². The van der Waals surface area contributed by atoms with Gasteiger partial charge in [0.15, 0.2) is 0 Å². The number of methoxy groups -OCH3 is 1. The minimum Gasteiger partial charge on any atom is -0.479 e. The summed E-state index contributed by atoms with van der Waals surface area (Å²) in [6, 6.07) is 2.13. The standard InChI is InChI=1S/C19H21N7O2/c1-3-19(27)8-13(9-19)22-17-23-16(28-2)15-14(4-6-26(15)24-17)12-10-21-18-20-5-7-25(18)11-12/h4-7,10-11,13,27H,3,8-9H2,1-2H3,(H,22,24)/t13-,19-. The molecule has 0 atom stereocenters. The first-order chi connectivity index (χ1) is 13.6. The van der Waals surface area contributed by atoms with Crippen molar-refractivity contribution < 1.29 is 9.84 Å². The largest absolute Gasteiger partial charge is 0.479 e. The molecule has 0 radical (unpaired) electrons. The lowest BCUT2D eigenvalue weighted by Crippen LogP contribution is -2.50. The predicted molar refractivity (Wildman–Crippen MR) is 103 cm³/mol. The Bertz CT molecular complexity index is 1160. The fraction of sp³-hybridized carbons (Fsp3) is 0.368. The summed E-state index contributed by atoms with van der Waals surface area (Å²) in [5, 5.41) is 18.1. The van der Waals surface area contributed by atoms with Gasteiger partial charge in [-0.3, -0.25) is 4.40 Å². The van der Waals surface area contributed by atoms with Crippen LogP contribution in [-0.4, -0.2) is 52.8 Å². The third-order valence-electron chi connectivity index (χ3n) is 5.47. The lowest BCUT2D eigenvalue weighted by Gasteiger charge is -2.43. The fourth-order valence-electron chi connectivity index (χ4n) is 3.81. The lowest BCUT2D eigenvalue weighted by atomic mass is 9.74. The van der Waals surface area contributed by atoms with Crippen LogP contribution in [0.4, 0.5) is 5.95 Å². The third-order valence-corrected chi connectivity index (χ3v) is 5.47. The quantitative estimate of drug-likeness (QED) is 0.548. The molecule has 2 N–H and O–H groups in total. The van der Waals surface area contributed by atoms with E-state index in [0.29, 0.717) is 30.4 Å². The molecule has 4 aromatic heterocycles.